The smallest absolute Gasteiger partial charge is 0.254 e. The van der Waals surface area contributed by atoms with Crippen LogP contribution in [0.25, 0.3) is 0 Å². The third kappa shape index (κ3) is 3.08. The standard InChI is InChI=1S/C17H22BrNO/c1-12-5-7-15(8-6-12)19(16-9-10-16)17(20)13-3-2-4-14(18)11-13/h2-4,11-12,15-16H,5-10H2,1H3. The molecule has 3 rings (SSSR count). The lowest BCUT2D eigenvalue weighted by molar-refractivity contribution is 0.0593. The highest BCUT2D eigenvalue weighted by Gasteiger charge is 2.38. The molecule has 0 bridgehead atoms. The third-order valence-corrected chi connectivity index (χ3v) is 5.12. The van der Waals surface area contributed by atoms with Crippen LogP contribution in [0.5, 0.6) is 0 Å². The topological polar surface area (TPSA) is 20.3 Å². The van der Waals surface area contributed by atoms with Gasteiger partial charge in [-0.3, -0.25) is 4.79 Å². The van der Waals surface area contributed by atoms with Gasteiger partial charge in [-0.05, 0) is 62.6 Å². The van der Waals surface area contributed by atoms with Crippen LogP contribution in [0.4, 0.5) is 0 Å². The van der Waals surface area contributed by atoms with Crippen LogP contribution in [0.15, 0.2) is 28.7 Å². The zero-order valence-corrected chi connectivity index (χ0v) is 13.6. The normalized spacial score (nSPS) is 26.3. The Morgan fingerprint density at radius 2 is 1.70 bits per heavy atom. The van der Waals surface area contributed by atoms with Crippen LogP contribution < -0.4 is 0 Å². The van der Waals surface area contributed by atoms with Gasteiger partial charge in [-0.2, -0.15) is 0 Å². The van der Waals surface area contributed by atoms with Crippen molar-refractivity contribution < 1.29 is 4.79 Å². The minimum absolute atomic E-state index is 0.230. The SMILES string of the molecule is CC1CCC(N(C(=O)c2cccc(Br)c2)C2CC2)CC1. The van der Waals surface area contributed by atoms with Crippen molar-refractivity contribution in [2.24, 2.45) is 5.92 Å². The first kappa shape index (κ1) is 14.1. The molecule has 1 aromatic carbocycles. The average molecular weight is 336 g/mol. The lowest BCUT2D eigenvalue weighted by atomic mass is 9.86. The average Bonchev–Trinajstić information content (AvgIpc) is 3.26. The Morgan fingerprint density at radius 1 is 1.10 bits per heavy atom. The highest BCUT2D eigenvalue weighted by atomic mass is 79.9. The van der Waals surface area contributed by atoms with Crippen molar-refractivity contribution in [2.75, 3.05) is 0 Å². The number of benzene rings is 1. The maximum Gasteiger partial charge on any atom is 0.254 e. The van der Waals surface area contributed by atoms with Crippen LogP contribution in [0.3, 0.4) is 0 Å². The molecule has 0 aliphatic heterocycles. The predicted octanol–water partition coefficient (Wildman–Crippen LogP) is 4.63. The highest BCUT2D eigenvalue weighted by Crippen LogP contribution is 2.36. The van der Waals surface area contributed by atoms with E-state index in [1.54, 1.807) is 0 Å². The van der Waals surface area contributed by atoms with Crippen molar-refractivity contribution >= 4 is 21.8 Å². The lowest BCUT2D eigenvalue weighted by Gasteiger charge is -2.36. The zero-order chi connectivity index (χ0) is 14.1. The second-order valence-corrected chi connectivity index (χ2v) is 7.28. The number of hydrogen-bond acceptors (Lipinski definition) is 1. The van der Waals surface area contributed by atoms with E-state index in [2.05, 4.69) is 27.8 Å². The Kier molecular flexibility index (Phi) is 4.16. The Labute approximate surface area is 129 Å². The second-order valence-electron chi connectivity index (χ2n) is 6.37. The molecule has 3 heteroatoms. The van der Waals surface area contributed by atoms with E-state index in [1.165, 1.54) is 38.5 Å². The van der Waals surface area contributed by atoms with Crippen LogP contribution in [-0.2, 0) is 0 Å². The molecule has 0 spiro atoms. The molecule has 0 saturated heterocycles. The molecule has 0 radical (unpaired) electrons. The van der Waals surface area contributed by atoms with Crippen LogP contribution in [0.1, 0.15) is 55.8 Å². The van der Waals surface area contributed by atoms with E-state index in [0.29, 0.717) is 12.1 Å². The molecule has 0 unspecified atom stereocenters. The Balaban J connectivity index is 1.78. The molecule has 0 aromatic heterocycles. The Morgan fingerprint density at radius 3 is 2.25 bits per heavy atom. The fourth-order valence-electron chi connectivity index (χ4n) is 3.27. The number of carbonyl (C=O) groups is 1. The number of nitrogens with zero attached hydrogens (tertiary/aromatic N) is 1. The number of hydrogen-bond donors (Lipinski definition) is 0. The first-order valence-electron chi connectivity index (χ1n) is 7.73. The van der Waals surface area contributed by atoms with E-state index >= 15 is 0 Å². The first-order valence-corrected chi connectivity index (χ1v) is 8.52. The molecule has 2 fully saturated rings. The predicted molar refractivity (Wildman–Crippen MR) is 84.8 cm³/mol. The molecule has 20 heavy (non-hydrogen) atoms. The molecule has 1 aromatic rings. The molecule has 2 nitrogen and oxygen atoms in total. The summed E-state index contributed by atoms with van der Waals surface area (Å²) in [6, 6.07) is 8.77. The molecule has 2 aliphatic rings. The second kappa shape index (κ2) is 5.88. The molecule has 1 amide bonds. The molecule has 2 aliphatic carbocycles. The molecule has 0 N–H and O–H groups in total. The van der Waals surface area contributed by atoms with E-state index in [-0.39, 0.29) is 5.91 Å². The summed E-state index contributed by atoms with van der Waals surface area (Å²) in [5, 5.41) is 0. The fraction of sp³-hybridized carbons (Fsp3) is 0.588. The van der Waals surface area contributed by atoms with Crippen molar-refractivity contribution in [3.05, 3.63) is 34.3 Å². The highest BCUT2D eigenvalue weighted by molar-refractivity contribution is 9.10. The summed E-state index contributed by atoms with van der Waals surface area (Å²) in [5.41, 5.74) is 0.824. The molecule has 0 atom stereocenters. The van der Waals surface area contributed by atoms with Crippen LogP contribution in [0, 0.1) is 5.92 Å². The van der Waals surface area contributed by atoms with Crippen molar-refractivity contribution in [1.82, 2.24) is 4.90 Å². The van der Waals surface area contributed by atoms with E-state index in [0.717, 1.165) is 16.0 Å². The van der Waals surface area contributed by atoms with Crippen LogP contribution in [0.2, 0.25) is 0 Å². The molecular formula is C17H22BrNO. The molecule has 2 saturated carbocycles. The van der Waals surface area contributed by atoms with Crippen molar-refractivity contribution in [2.45, 2.75) is 57.5 Å². The van der Waals surface area contributed by atoms with Crippen molar-refractivity contribution in [1.29, 1.82) is 0 Å². The maximum absolute atomic E-state index is 12.9. The molecular weight excluding hydrogens is 314 g/mol. The summed E-state index contributed by atoms with van der Waals surface area (Å²) < 4.78 is 0.983. The van der Waals surface area contributed by atoms with E-state index in [1.807, 2.05) is 24.3 Å². The van der Waals surface area contributed by atoms with Gasteiger partial charge in [0, 0.05) is 22.1 Å². The minimum atomic E-state index is 0.230. The van der Waals surface area contributed by atoms with Gasteiger partial charge in [-0.15, -0.1) is 0 Å². The molecule has 0 heterocycles. The third-order valence-electron chi connectivity index (χ3n) is 4.63. The quantitative estimate of drug-likeness (QED) is 0.788. The summed E-state index contributed by atoms with van der Waals surface area (Å²) in [7, 11) is 0. The van der Waals surface area contributed by atoms with Gasteiger partial charge in [0.05, 0.1) is 0 Å². The minimum Gasteiger partial charge on any atom is -0.333 e. The van der Waals surface area contributed by atoms with E-state index in [4.69, 9.17) is 0 Å². The van der Waals surface area contributed by atoms with E-state index in [9.17, 15) is 4.79 Å². The van der Waals surface area contributed by atoms with E-state index < -0.39 is 0 Å². The van der Waals surface area contributed by atoms with Gasteiger partial charge in [-0.25, -0.2) is 0 Å². The Bertz CT molecular complexity index is 490. The summed E-state index contributed by atoms with van der Waals surface area (Å²) in [6.45, 7) is 2.33. The van der Waals surface area contributed by atoms with Crippen molar-refractivity contribution in [3.8, 4) is 0 Å². The molecule has 108 valence electrons. The monoisotopic (exact) mass is 335 g/mol. The lowest BCUT2D eigenvalue weighted by Crippen LogP contribution is -2.43. The summed E-state index contributed by atoms with van der Waals surface area (Å²) in [5.74, 6) is 1.06. The number of amides is 1. The van der Waals surface area contributed by atoms with Crippen LogP contribution >= 0.6 is 15.9 Å². The Hall–Kier alpha value is -0.830. The van der Waals surface area contributed by atoms with Gasteiger partial charge in [0.15, 0.2) is 0 Å². The largest absolute Gasteiger partial charge is 0.333 e. The van der Waals surface area contributed by atoms with Crippen LogP contribution in [-0.4, -0.2) is 22.9 Å². The first-order chi connectivity index (χ1) is 9.65. The number of halogens is 1. The van der Waals surface area contributed by atoms with Gasteiger partial charge in [0.25, 0.3) is 5.91 Å². The fourth-order valence-corrected chi connectivity index (χ4v) is 3.67. The van der Waals surface area contributed by atoms with Gasteiger partial charge in [0.1, 0.15) is 0 Å². The van der Waals surface area contributed by atoms with Crippen molar-refractivity contribution in [3.63, 3.8) is 0 Å². The summed E-state index contributed by atoms with van der Waals surface area (Å²) in [6.07, 6.45) is 7.26. The van der Waals surface area contributed by atoms with Gasteiger partial charge in [0.2, 0.25) is 0 Å². The number of rotatable bonds is 3. The zero-order valence-electron chi connectivity index (χ0n) is 12.0. The van der Waals surface area contributed by atoms with Gasteiger partial charge >= 0.3 is 0 Å². The maximum atomic E-state index is 12.9. The summed E-state index contributed by atoms with van der Waals surface area (Å²) >= 11 is 3.47. The van der Waals surface area contributed by atoms with Gasteiger partial charge in [-0.1, -0.05) is 28.9 Å². The summed E-state index contributed by atoms with van der Waals surface area (Å²) in [4.78, 5) is 15.1. The van der Waals surface area contributed by atoms with Gasteiger partial charge < -0.3 is 4.90 Å². The number of carbonyl (C=O) groups excluding carboxylic acids is 1.